The van der Waals surface area contributed by atoms with E-state index in [4.69, 9.17) is 5.84 Å². The fraction of sp³-hybridized carbons (Fsp3) is 0.333. The lowest BCUT2D eigenvalue weighted by Gasteiger charge is -2.15. The highest BCUT2D eigenvalue weighted by atomic mass is 15.4. The van der Waals surface area contributed by atoms with Gasteiger partial charge in [0.2, 0.25) is 0 Å². The lowest BCUT2D eigenvalue weighted by atomic mass is 10.0. The Kier molecular flexibility index (Phi) is 3.85. The quantitative estimate of drug-likeness (QED) is 0.594. The van der Waals surface area contributed by atoms with E-state index in [-0.39, 0.29) is 6.04 Å². The molecule has 1 heterocycles. The van der Waals surface area contributed by atoms with Gasteiger partial charge >= 0.3 is 0 Å². The second-order valence-electron chi connectivity index (χ2n) is 4.03. The number of hydrogen-bond donors (Lipinski definition) is 2. The molecule has 1 atom stereocenters. The van der Waals surface area contributed by atoms with Crippen LogP contribution in [0.25, 0.3) is 0 Å². The number of hydrazine groups is 1. The number of nitrogens with two attached hydrogens (primary N) is 1. The van der Waals surface area contributed by atoms with Crippen molar-refractivity contribution < 1.29 is 0 Å². The van der Waals surface area contributed by atoms with Crippen LogP contribution in [0, 0.1) is 0 Å². The second-order valence-corrected chi connectivity index (χ2v) is 4.03. The summed E-state index contributed by atoms with van der Waals surface area (Å²) in [4.78, 5) is 0. The monoisotopic (exact) mass is 231 g/mol. The molecule has 1 aromatic carbocycles. The van der Waals surface area contributed by atoms with Gasteiger partial charge < -0.3 is 0 Å². The molecule has 0 aliphatic rings. The first kappa shape index (κ1) is 11.8. The van der Waals surface area contributed by atoms with Crippen molar-refractivity contribution in [1.29, 1.82) is 0 Å². The minimum atomic E-state index is 0.0789. The Bertz CT molecular complexity index is 451. The number of nitrogens with one attached hydrogen (secondary N) is 1. The molecule has 0 fully saturated rings. The van der Waals surface area contributed by atoms with Gasteiger partial charge in [-0.1, -0.05) is 35.5 Å². The molecule has 0 aliphatic heterocycles. The van der Waals surface area contributed by atoms with E-state index in [1.54, 1.807) is 10.9 Å². The number of aryl methyl sites for hydroxylation is 2. The minimum Gasteiger partial charge on any atom is -0.271 e. The maximum Gasteiger partial charge on any atom is 0.0766 e. The molecule has 5 nitrogen and oxygen atoms in total. The molecule has 2 aromatic rings. The van der Waals surface area contributed by atoms with Crippen molar-refractivity contribution in [1.82, 2.24) is 20.4 Å². The first-order valence-corrected chi connectivity index (χ1v) is 5.66. The molecule has 0 amide bonds. The van der Waals surface area contributed by atoms with Crippen LogP contribution < -0.4 is 11.3 Å². The van der Waals surface area contributed by atoms with Gasteiger partial charge in [0.25, 0.3) is 0 Å². The summed E-state index contributed by atoms with van der Waals surface area (Å²) in [7, 11) is 1.87. The minimum absolute atomic E-state index is 0.0789. The maximum atomic E-state index is 5.58. The SMILES string of the molecule is Cn1nncc1C(CCc1ccccc1)NN. The first-order valence-electron chi connectivity index (χ1n) is 5.66. The van der Waals surface area contributed by atoms with Crippen LogP contribution in [0.15, 0.2) is 36.5 Å². The molecule has 0 bridgehead atoms. The molecular weight excluding hydrogens is 214 g/mol. The van der Waals surface area contributed by atoms with Crippen LogP contribution in [-0.2, 0) is 13.5 Å². The normalized spacial score (nSPS) is 12.6. The summed E-state index contributed by atoms with van der Waals surface area (Å²) in [6.07, 6.45) is 3.64. The first-order chi connectivity index (χ1) is 8.31. The molecule has 90 valence electrons. The van der Waals surface area contributed by atoms with Gasteiger partial charge in [-0.05, 0) is 18.4 Å². The van der Waals surface area contributed by atoms with Crippen molar-refractivity contribution in [3.63, 3.8) is 0 Å². The van der Waals surface area contributed by atoms with Gasteiger partial charge in [0.15, 0.2) is 0 Å². The van der Waals surface area contributed by atoms with Crippen LogP contribution in [0.1, 0.15) is 23.7 Å². The Hall–Kier alpha value is -1.72. The van der Waals surface area contributed by atoms with Gasteiger partial charge in [0, 0.05) is 7.05 Å². The number of nitrogens with zero attached hydrogens (tertiary/aromatic N) is 3. The van der Waals surface area contributed by atoms with Crippen molar-refractivity contribution in [2.24, 2.45) is 12.9 Å². The Morgan fingerprint density at radius 1 is 1.35 bits per heavy atom. The van der Waals surface area contributed by atoms with Crippen LogP contribution in [0.3, 0.4) is 0 Å². The van der Waals surface area contributed by atoms with Crippen LogP contribution in [0.5, 0.6) is 0 Å². The largest absolute Gasteiger partial charge is 0.271 e. The summed E-state index contributed by atoms with van der Waals surface area (Å²) < 4.78 is 1.75. The smallest absolute Gasteiger partial charge is 0.0766 e. The average molecular weight is 231 g/mol. The Morgan fingerprint density at radius 2 is 2.12 bits per heavy atom. The van der Waals surface area contributed by atoms with E-state index in [2.05, 4.69) is 27.9 Å². The second kappa shape index (κ2) is 5.56. The fourth-order valence-corrected chi connectivity index (χ4v) is 1.89. The van der Waals surface area contributed by atoms with Gasteiger partial charge in [-0.3, -0.25) is 16.0 Å². The lowest BCUT2D eigenvalue weighted by Crippen LogP contribution is -2.30. The zero-order chi connectivity index (χ0) is 12.1. The van der Waals surface area contributed by atoms with Crippen LogP contribution in [-0.4, -0.2) is 15.0 Å². The number of benzene rings is 1. The van der Waals surface area contributed by atoms with E-state index in [0.29, 0.717) is 0 Å². The number of aromatic nitrogens is 3. The van der Waals surface area contributed by atoms with Crippen molar-refractivity contribution in [3.05, 3.63) is 47.8 Å². The van der Waals surface area contributed by atoms with Gasteiger partial charge in [0.05, 0.1) is 17.9 Å². The van der Waals surface area contributed by atoms with Crippen LogP contribution >= 0.6 is 0 Å². The summed E-state index contributed by atoms with van der Waals surface area (Å²) in [6.45, 7) is 0. The van der Waals surface area contributed by atoms with Crippen LogP contribution in [0.2, 0.25) is 0 Å². The highest BCUT2D eigenvalue weighted by Gasteiger charge is 2.13. The zero-order valence-electron chi connectivity index (χ0n) is 9.87. The van der Waals surface area contributed by atoms with E-state index in [0.717, 1.165) is 18.5 Å². The van der Waals surface area contributed by atoms with E-state index in [9.17, 15) is 0 Å². The molecule has 2 rings (SSSR count). The summed E-state index contributed by atoms with van der Waals surface area (Å²) in [6, 6.07) is 10.4. The van der Waals surface area contributed by atoms with Crippen molar-refractivity contribution in [3.8, 4) is 0 Å². The highest BCUT2D eigenvalue weighted by molar-refractivity contribution is 5.15. The van der Waals surface area contributed by atoms with Crippen molar-refractivity contribution >= 4 is 0 Å². The topological polar surface area (TPSA) is 68.8 Å². The highest BCUT2D eigenvalue weighted by Crippen LogP contribution is 2.16. The molecule has 17 heavy (non-hydrogen) atoms. The Labute approximate surface area is 101 Å². The van der Waals surface area contributed by atoms with Gasteiger partial charge in [-0.25, -0.2) is 0 Å². The predicted octanol–water partition coefficient (Wildman–Crippen LogP) is 0.952. The Balaban J connectivity index is 2.00. The third kappa shape index (κ3) is 2.89. The molecule has 0 radical (unpaired) electrons. The lowest BCUT2D eigenvalue weighted by molar-refractivity contribution is 0.479. The molecular formula is C12H17N5. The van der Waals surface area contributed by atoms with Crippen LogP contribution in [0.4, 0.5) is 0 Å². The van der Waals surface area contributed by atoms with E-state index < -0.39 is 0 Å². The van der Waals surface area contributed by atoms with Gasteiger partial charge in [0.1, 0.15) is 0 Å². The van der Waals surface area contributed by atoms with Gasteiger partial charge in [-0.2, -0.15) is 0 Å². The van der Waals surface area contributed by atoms with E-state index in [1.165, 1.54) is 5.56 Å². The molecule has 3 N–H and O–H groups in total. The molecule has 0 spiro atoms. The number of hydrogen-bond acceptors (Lipinski definition) is 4. The molecule has 5 heteroatoms. The van der Waals surface area contributed by atoms with Gasteiger partial charge in [-0.15, -0.1) is 5.10 Å². The van der Waals surface area contributed by atoms with E-state index in [1.807, 2.05) is 25.2 Å². The molecule has 0 aliphatic carbocycles. The fourth-order valence-electron chi connectivity index (χ4n) is 1.89. The molecule has 0 saturated carbocycles. The summed E-state index contributed by atoms with van der Waals surface area (Å²) >= 11 is 0. The zero-order valence-corrected chi connectivity index (χ0v) is 9.87. The maximum absolute atomic E-state index is 5.58. The van der Waals surface area contributed by atoms with Crippen molar-refractivity contribution in [2.45, 2.75) is 18.9 Å². The standard InChI is InChI=1S/C12H17N5/c1-17-12(9-14-16-17)11(15-13)8-7-10-5-3-2-4-6-10/h2-6,9,11,15H,7-8,13H2,1H3. The third-order valence-corrected chi connectivity index (χ3v) is 2.87. The molecule has 0 saturated heterocycles. The summed E-state index contributed by atoms with van der Waals surface area (Å²) in [5.41, 5.74) is 5.13. The van der Waals surface area contributed by atoms with E-state index >= 15 is 0 Å². The van der Waals surface area contributed by atoms with Crippen molar-refractivity contribution in [2.75, 3.05) is 0 Å². The summed E-state index contributed by atoms with van der Waals surface area (Å²) in [5, 5.41) is 7.77. The average Bonchev–Trinajstić information content (AvgIpc) is 2.78. The summed E-state index contributed by atoms with van der Waals surface area (Å²) in [5.74, 6) is 5.58. The molecule has 1 aromatic heterocycles. The number of rotatable bonds is 5. The predicted molar refractivity (Wildman–Crippen MR) is 65.8 cm³/mol. The third-order valence-electron chi connectivity index (χ3n) is 2.87. The Morgan fingerprint density at radius 3 is 2.71 bits per heavy atom. The molecule has 1 unspecified atom stereocenters.